The van der Waals surface area contributed by atoms with Crippen molar-refractivity contribution in [2.75, 3.05) is 13.1 Å². The summed E-state index contributed by atoms with van der Waals surface area (Å²) < 4.78 is 0. The van der Waals surface area contributed by atoms with Crippen LogP contribution in [0.4, 0.5) is 4.79 Å². The lowest BCUT2D eigenvalue weighted by Crippen LogP contribution is -2.45. The Morgan fingerprint density at radius 1 is 1.50 bits per heavy atom. The van der Waals surface area contributed by atoms with Gasteiger partial charge in [-0.15, -0.1) is 0 Å². The summed E-state index contributed by atoms with van der Waals surface area (Å²) >= 11 is 0. The van der Waals surface area contributed by atoms with Gasteiger partial charge in [0.15, 0.2) is 0 Å². The van der Waals surface area contributed by atoms with Crippen LogP contribution in [-0.2, 0) is 11.2 Å². The Balaban J connectivity index is 2.33. The molecule has 0 fully saturated rings. The maximum atomic E-state index is 12.0. The van der Waals surface area contributed by atoms with E-state index >= 15 is 0 Å². The zero-order chi connectivity index (χ0) is 15.0. The van der Waals surface area contributed by atoms with E-state index in [0.717, 1.165) is 5.69 Å². The first-order valence-electron chi connectivity index (χ1n) is 6.74. The van der Waals surface area contributed by atoms with Crippen LogP contribution in [0, 0.1) is 0 Å². The number of hydrogen-bond donors (Lipinski definition) is 3. The van der Waals surface area contributed by atoms with Gasteiger partial charge in [0.2, 0.25) is 0 Å². The van der Waals surface area contributed by atoms with Crippen molar-refractivity contribution in [1.29, 1.82) is 0 Å². The minimum absolute atomic E-state index is 0.0379. The summed E-state index contributed by atoms with van der Waals surface area (Å²) in [5, 5.41) is 11.5. The van der Waals surface area contributed by atoms with Crippen LogP contribution in [0.5, 0.6) is 0 Å². The predicted molar refractivity (Wildman–Crippen MR) is 74.4 cm³/mol. The van der Waals surface area contributed by atoms with E-state index in [9.17, 15) is 9.59 Å². The number of aromatic amines is 1. The van der Waals surface area contributed by atoms with Gasteiger partial charge in [-0.2, -0.15) is 0 Å². The summed E-state index contributed by atoms with van der Waals surface area (Å²) in [6, 6.07) is -0.124. The second-order valence-electron chi connectivity index (χ2n) is 4.84. The van der Waals surface area contributed by atoms with Crippen LogP contribution in [0.15, 0.2) is 12.5 Å². The van der Waals surface area contributed by atoms with Crippen LogP contribution in [-0.4, -0.2) is 51.1 Å². The standard InChI is InChI=1S/C13H22N4O3/c1-10(2)17(7-3-4-12(18)19)13(20)15-6-5-11-8-14-9-16-11/h8-10H,3-7H2,1-2H3,(H,14,16)(H,15,20)(H,18,19). The van der Waals surface area contributed by atoms with Crippen LogP contribution in [0.1, 0.15) is 32.4 Å². The normalized spacial score (nSPS) is 10.6. The molecule has 3 N–H and O–H groups in total. The molecule has 1 aromatic rings. The molecule has 0 bridgehead atoms. The third kappa shape index (κ3) is 5.73. The molecule has 0 spiro atoms. The van der Waals surface area contributed by atoms with E-state index in [4.69, 9.17) is 5.11 Å². The van der Waals surface area contributed by atoms with E-state index < -0.39 is 5.97 Å². The fourth-order valence-electron chi connectivity index (χ4n) is 1.82. The van der Waals surface area contributed by atoms with Gasteiger partial charge in [-0.25, -0.2) is 9.78 Å². The quantitative estimate of drug-likeness (QED) is 0.668. The average molecular weight is 282 g/mol. The third-order valence-electron chi connectivity index (χ3n) is 2.90. The van der Waals surface area contributed by atoms with Crippen LogP contribution >= 0.6 is 0 Å². The highest BCUT2D eigenvalue weighted by molar-refractivity contribution is 5.74. The predicted octanol–water partition coefficient (Wildman–Crippen LogP) is 1.24. The van der Waals surface area contributed by atoms with Gasteiger partial charge >= 0.3 is 12.0 Å². The average Bonchev–Trinajstić information content (AvgIpc) is 2.86. The number of carboxylic acid groups (broad SMARTS) is 1. The summed E-state index contributed by atoms with van der Waals surface area (Å²) in [5.41, 5.74) is 0.965. The highest BCUT2D eigenvalue weighted by atomic mass is 16.4. The Morgan fingerprint density at radius 2 is 2.25 bits per heavy atom. The SMILES string of the molecule is CC(C)N(CCCC(=O)O)C(=O)NCCc1cnc[nH]1. The molecule has 0 aliphatic rings. The highest BCUT2D eigenvalue weighted by Crippen LogP contribution is 2.03. The monoisotopic (exact) mass is 282 g/mol. The number of hydrogen-bond acceptors (Lipinski definition) is 3. The van der Waals surface area contributed by atoms with Crippen molar-refractivity contribution in [3.63, 3.8) is 0 Å². The molecule has 1 heterocycles. The maximum Gasteiger partial charge on any atom is 0.317 e. The minimum atomic E-state index is -0.839. The Labute approximate surface area is 118 Å². The van der Waals surface area contributed by atoms with E-state index in [1.54, 1.807) is 17.4 Å². The second kappa shape index (κ2) is 8.19. The molecule has 1 aromatic heterocycles. The first-order valence-corrected chi connectivity index (χ1v) is 6.74. The zero-order valence-electron chi connectivity index (χ0n) is 11.9. The number of nitrogens with zero attached hydrogens (tertiary/aromatic N) is 2. The highest BCUT2D eigenvalue weighted by Gasteiger charge is 2.16. The molecule has 0 saturated carbocycles. The number of H-pyrrole nitrogens is 1. The Hall–Kier alpha value is -2.05. The van der Waals surface area contributed by atoms with E-state index in [2.05, 4.69) is 15.3 Å². The van der Waals surface area contributed by atoms with E-state index in [-0.39, 0.29) is 18.5 Å². The van der Waals surface area contributed by atoms with Gasteiger partial charge in [0.25, 0.3) is 0 Å². The van der Waals surface area contributed by atoms with E-state index in [0.29, 0.717) is 25.9 Å². The maximum absolute atomic E-state index is 12.0. The summed E-state index contributed by atoms with van der Waals surface area (Å²) in [7, 11) is 0. The van der Waals surface area contributed by atoms with Crippen molar-refractivity contribution in [2.45, 2.75) is 39.2 Å². The van der Waals surface area contributed by atoms with Crippen LogP contribution in [0.2, 0.25) is 0 Å². The molecule has 7 nitrogen and oxygen atoms in total. The first-order chi connectivity index (χ1) is 9.50. The number of nitrogens with one attached hydrogen (secondary N) is 2. The molecular formula is C13H22N4O3. The van der Waals surface area contributed by atoms with Crippen molar-refractivity contribution >= 4 is 12.0 Å². The molecule has 0 aliphatic heterocycles. The fraction of sp³-hybridized carbons (Fsp3) is 0.615. The summed E-state index contributed by atoms with van der Waals surface area (Å²) in [4.78, 5) is 31.0. The lowest BCUT2D eigenvalue weighted by molar-refractivity contribution is -0.137. The molecule has 2 amide bonds. The molecule has 0 saturated heterocycles. The number of aromatic nitrogens is 2. The number of rotatable bonds is 8. The second-order valence-corrected chi connectivity index (χ2v) is 4.84. The fourth-order valence-corrected chi connectivity index (χ4v) is 1.82. The number of imidazole rings is 1. The molecule has 20 heavy (non-hydrogen) atoms. The number of urea groups is 1. The smallest absolute Gasteiger partial charge is 0.317 e. The van der Waals surface area contributed by atoms with Gasteiger partial charge in [-0.05, 0) is 20.3 Å². The van der Waals surface area contributed by atoms with Crippen molar-refractivity contribution in [1.82, 2.24) is 20.2 Å². The summed E-state index contributed by atoms with van der Waals surface area (Å²) in [6.45, 7) is 4.79. The Kier molecular flexibility index (Phi) is 6.55. The molecule has 0 radical (unpaired) electrons. The molecule has 112 valence electrons. The summed E-state index contributed by atoms with van der Waals surface area (Å²) in [5.74, 6) is -0.839. The third-order valence-corrected chi connectivity index (χ3v) is 2.90. The first kappa shape index (κ1) is 16.0. The number of amides is 2. The Bertz CT molecular complexity index is 417. The Morgan fingerprint density at radius 3 is 2.80 bits per heavy atom. The van der Waals surface area contributed by atoms with Gasteiger partial charge in [-0.1, -0.05) is 0 Å². The van der Waals surface area contributed by atoms with Crippen molar-refractivity contribution in [3.8, 4) is 0 Å². The van der Waals surface area contributed by atoms with Crippen molar-refractivity contribution in [3.05, 3.63) is 18.2 Å². The van der Waals surface area contributed by atoms with Gasteiger partial charge in [0.1, 0.15) is 0 Å². The molecular weight excluding hydrogens is 260 g/mol. The minimum Gasteiger partial charge on any atom is -0.481 e. The van der Waals surface area contributed by atoms with E-state index in [1.807, 2.05) is 13.8 Å². The number of aliphatic carboxylic acids is 1. The van der Waals surface area contributed by atoms with Gasteiger partial charge in [0.05, 0.1) is 6.33 Å². The topological polar surface area (TPSA) is 98.3 Å². The van der Waals surface area contributed by atoms with Gasteiger partial charge in [0, 0.05) is 43.9 Å². The molecule has 0 unspecified atom stereocenters. The van der Waals surface area contributed by atoms with Crippen molar-refractivity contribution in [2.24, 2.45) is 0 Å². The van der Waals surface area contributed by atoms with Crippen LogP contribution in [0.3, 0.4) is 0 Å². The van der Waals surface area contributed by atoms with Crippen LogP contribution in [0.25, 0.3) is 0 Å². The van der Waals surface area contributed by atoms with Crippen molar-refractivity contribution < 1.29 is 14.7 Å². The number of carbonyl (C=O) groups is 2. The number of carbonyl (C=O) groups excluding carboxylic acids is 1. The largest absolute Gasteiger partial charge is 0.481 e. The van der Waals surface area contributed by atoms with Gasteiger partial charge < -0.3 is 20.3 Å². The molecule has 7 heteroatoms. The number of carboxylic acids is 1. The molecule has 0 aromatic carbocycles. The lowest BCUT2D eigenvalue weighted by Gasteiger charge is -2.26. The van der Waals surface area contributed by atoms with Crippen LogP contribution < -0.4 is 5.32 Å². The molecule has 0 atom stereocenters. The molecule has 0 aliphatic carbocycles. The molecule has 1 rings (SSSR count). The lowest BCUT2D eigenvalue weighted by atomic mass is 10.2. The van der Waals surface area contributed by atoms with E-state index in [1.165, 1.54) is 0 Å². The van der Waals surface area contributed by atoms with Gasteiger partial charge in [-0.3, -0.25) is 4.79 Å². The zero-order valence-corrected chi connectivity index (χ0v) is 11.9. The summed E-state index contributed by atoms with van der Waals surface area (Å²) in [6.07, 6.45) is 4.54.